The van der Waals surface area contributed by atoms with Gasteiger partial charge in [0, 0.05) is 17.8 Å². The Morgan fingerprint density at radius 1 is 1.29 bits per heavy atom. The van der Waals surface area contributed by atoms with Crippen LogP contribution in [0.2, 0.25) is 5.28 Å². The Hall–Kier alpha value is -1.75. The summed E-state index contributed by atoms with van der Waals surface area (Å²) in [5.41, 5.74) is 0.595. The van der Waals surface area contributed by atoms with Gasteiger partial charge < -0.3 is 4.74 Å². The predicted molar refractivity (Wildman–Crippen MR) is 58.2 cm³/mol. The molecule has 3 nitrogen and oxygen atoms in total. The van der Waals surface area contributed by atoms with Crippen LogP contribution in [0.1, 0.15) is 5.56 Å². The van der Waals surface area contributed by atoms with Crippen molar-refractivity contribution in [2.45, 2.75) is 6.92 Å². The van der Waals surface area contributed by atoms with Crippen LogP contribution in [0.4, 0.5) is 8.78 Å². The van der Waals surface area contributed by atoms with Crippen LogP contribution in [0.15, 0.2) is 24.4 Å². The van der Waals surface area contributed by atoms with Crippen molar-refractivity contribution in [3.8, 4) is 11.6 Å². The van der Waals surface area contributed by atoms with E-state index in [1.807, 2.05) is 0 Å². The van der Waals surface area contributed by atoms with Crippen molar-refractivity contribution in [1.29, 1.82) is 0 Å². The number of rotatable bonds is 2. The molecule has 0 N–H and O–H groups in total. The molecule has 0 aliphatic carbocycles. The smallest absolute Gasteiger partial charge is 0.226 e. The summed E-state index contributed by atoms with van der Waals surface area (Å²) in [5, 5.41) is -0.00637. The highest BCUT2D eigenvalue weighted by Crippen LogP contribution is 2.26. The molecule has 1 heterocycles. The van der Waals surface area contributed by atoms with Crippen molar-refractivity contribution < 1.29 is 13.5 Å². The maximum atomic E-state index is 13.3. The van der Waals surface area contributed by atoms with Crippen molar-refractivity contribution in [3.05, 3.63) is 46.9 Å². The van der Waals surface area contributed by atoms with Gasteiger partial charge in [-0.3, -0.25) is 0 Å². The van der Waals surface area contributed by atoms with Gasteiger partial charge in [-0.15, -0.1) is 0 Å². The van der Waals surface area contributed by atoms with Gasteiger partial charge in [-0.05, 0) is 30.7 Å². The second-order valence-corrected chi connectivity index (χ2v) is 3.64. The Kier molecular flexibility index (Phi) is 3.19. The molecule has 0 fully saturated rings. The SMILES string of the molecule is Cc1cnc(Cl)nc1Oc1ccc(F)cc1F. The molecule has 1 aromatic carbocycles. The average Bonchev–Trinajstić information content (AvgIpc) is 2.27. The lowest BCUT2D eigenvalue weighted by Gasteiger charge is -2.07. The van der Waals surface area contributed by atoms with Gasteiger partial charge in [-0.25, -0.2) is 13.8 Å². The van der Waals surface area contributed by atoms with Gasteiger partial charge in [-0.2, -0.15) is 4.98 Å². The van der Waals surface area contributed by atoms with Gasteiger partial charge in [0.2, 0.25) is 11.2 Å². The molecule has 17 heavy (non-hydrogen) atoms. The van der Waals surface area contributed by atoms with Gasteiger partial charge in [-0.1, -0.05) is 0 Å². The van der Waals surface area contributed by atoms with E-state index in [0.29, 0.717) is 5.56 Å². The third-order valence-electron chi connectivity index (χ3n) is 2.00. The second-order valence-electron chi connectivity index (χ2n) is 3.30. The van der Waals surface area contributed by atoms with E-state index >= 15 is 0 Å². The molecule has 6 heteroatoms. The van der Waals surface area contributed by atoms with Crippen molar-refractivity contribution >= 4 is 11.6 Å². The van der Waals surface area contributed by atoms with E-state index in [1.54, 1.807) is 6.92 Å². The van der Waals surface area contributed by atoms with E-state index in [-0.39, 0.29) is 16.9 Å². The average molecular weight is 257 g/mol. The molecule has 88 valence electrons. The van der Waals surface area contributed by atoms with Gasteiger partial charge >= 0.3 is 0 Å². The summed E-state index contributed by atoms with van der Waals surface area (Å²) in [6.45, 7) is 1.69. The third-order valence-corrected chi connectivity index (χ3v) is 2.18. The van der Waals surface area contributed by atoms with Crippen LogP contribution in [-0.4, -0.2) is 9.97 Å². The zero-order valence-corrected chi connectivity index (χ0v) is 9.50. The van der Waals surface area contributed by atoms with Crippen molar-refractivity contribution in [3.63, 3.8) is 0 Å². The minimum atomic E-state index is -0.806. The summed E-state index contributed by atoms with van der Waals surface area (Å²) in [6.07, 6.45) is 1.45. The van der Waals surface area contributed by atoms with E-state index in [2.05, 4.69) is 9.97 Å². The molecule has 0 bridgehead atoms. The van der Waals surface area contributed by atoms with Crippen LogP contribution in [-0.2, 0) is 0 Å². The highest BCUT2D eigenvalue weighted by atomic mass is 35.5. The standard InChI is InChI=1S/C11H7ClF2N2O/c1-6-5-15-11(12)16-10(6)17-9-3-2-7(13)4-8(9)14/h2-5H,1H3. The van der Waals surface area contributed by atoms with Crippen LogP contribution in [0.5, 0.6) is 11.6 Å². The summed E-state index contributed by atoms with van der Waals surface area (Å²) >= 11 is 5.59. The maximum Gasteiger partial charge on any atom is 0.226 e. The highest BCUT2D eigenvalue weighted by Gasteiger charge is 2.09. The number of aromatic nitrogens is 2. The number of aryl methyl sites for hydroxylation is 1. The van der Waals surface area contributed by atoms with Crippen LogP contribution < -0.4 is 4.74 Å². The Bertz CT molecular complexity index is 563. The molecule has 0 atom stereocenters. The minimum Gasteiger partial charge on any atom is -0.436 e. The quantitative estimate of drug-likeness (QED) is 0.771. The summed E-state index contributed by atoms with van der Waals surface area (Å²) < 4.78 is 31.2. The number of hydrogen-bond donors (Lipinski definition) is 0. The monoisotopic (exact) mass is 256 g/mol. The second kappa shape index (κ2) is 4.63. The Morgan fingerprint density at radius 3 is 2.76 bits per heavy atom. The third kappa shape index (κ3) is 2.68. The zero-order chi connectivity index (χ0) is 12.4. The van der Waals surface area contributed by atoms with E-state index in [1.165, 1.54) is 12.3 Å². The summed E-state index contributed by atoms with van der Waals surface area (Å²) in [4.78, 5) is 7.54. The Morgan fingerprint density at radius 2 is 2.06 bits per heavy atom. The Labute approximate surface area is 101 Å². The van der Waals surface area contributed by atoms with E-state index in [9.17, 15) is 8.78 Å². The topological polar surface area (TPSA) is 35.0 Å². The summed E-state index contributed by atoms with van der Waals surface area (Å²) in [6, 6.07) is 3.00. The number of benzene rings is 1. The van der Waals surface area contributed by atoms with Gasteiger partial charge in [0.1, 0.15) is 5.82 Å². The summed E-state index contributed by atoms with van der Waals surface area (Å²) in [5.74, 6) is -1.47. The van der Waals surface area contributed by atoms with E-state index in [0.717, 1.165) is 12.1 Å². The largest absolute Gasteiger partial charge is 0.436 e. The fraction of sp³-hybridized carbons (Fsp3) is 0.0909. The molecule has 0 unspecified atom stereocenters. The fourth-order valence-corrected chi connectivity index (χ4v) is 1.30. The molecule has 2 aromatic rings. The molecule has 0 saturated heterocycles. The fourth-order valence-electron chi connectivity index (χ4n) is 1.17. The van der Waals surface area contributed by atoms with Crippen LogP contribution in [0, 0.1) is 18.6 Å². The van der Waals surface area contributed by atoms with E-state index in [4.69, 9.17) is 16.3 Å². The van der Waals surface area contributed by atoms with Crippen LogP contribution in [0.25, 0.3) is 0 Å². The molecule has 1 aromatic heterocycles. The zero-order valence-electron chi connectivity index (χ0n) is 8.75. The molecule has 0 aliphatic heterocycles. The van der Waals surface area contributed by atoms with Crippen molar-refractivity contribution in [2.75, 3.05) is 0 Å². The molecule has 0 amide bonds. The maximum absolute atomic E-state index is 13.3. The molecule has 0 radical (unpaired) electrons. The molecule has 0 aliphatic rings. The molecule has 0 saturated carbocycles. The van der Waals surface area contributed by atoms with Crippen molar-refractivity contribution in [1.82, 2.24) is 9.97 Å². The first-order valence-corrected chi connectivity index (χ1v) is 5.06. The van der Waals surface area contributed by atoms with Gasteiger partial charge in [0.25, 0.3) is 0 Å². The lowest BCUT2D eigenvalue weighted by atomic mass is 10.3. The lowest BCUT2D eigenvalue weighted by Crippen LogP contribution is -1.95. The molecular weight excluding hydrogens is 250 g/mol. The van der Waals surface area contributed by atoms with E-state index < -0.39 is 11.6 Å². The first-order valence-electron chi connectivity index (χ1n) is 4.68. The van der Waals surface area contributed by atoms with Crippen LogP contribution in [0.3, 0.4) is 0 Å². The first kappa shape index (κ1) is 11.7. The number of nitrogens with zero attached hydrogens (tertiary/aromatic N) is 2. The lowest BCUT2D eigenvalue weighted by molar-refractivity contribution is 0.420. The molecular formula is C11H7ClF2N2O. The predicted octanol–water partition coefficient (Wildman–Crippen LogP) is 3.51. The number of hydrogen-bond acceptors (Lipinski definition) is 3. The Balaban J connectivity index is 2.34. The molecule has 0 spiro atoms. The van der Waals surface area contributed by atoms with Gasteiger partial charge in [0.15, 0.2) is 11.6 Å². The highest BCUT2D eigenvalue weighted by molar-refractivity contribution is 6.28. The summed E-state index contributed by atoms with van der Waals surface area (Å²) in [7, 11) is 0. The van der Waals surface area contributed by atoms with Gasteiger partial charge in [0.05, 0.1) is 0 Å². The van der Waals surface area contributed by atoms with Crippen LogP contribution >= 0.6 is 11.6 Å². The minimum absolute atomic E-state index is 0.00637. The van der Waals surface area contributed by atoms with Crippen molar-refractivity contribution in [2.24, 2.45) is 0 Å². The first-order chi connectivity index (χ1) is 8.06. The number of halogens is 3. The molecule has 2 rings (SSSR count). The number of ether oxygens (including phenoxy) is 1. The normalized spacial score (nSPS) is 10.4.